The van der Waals surface area contributed by atoms with Crippen LogP contribution in [-0.2, 0) is 9.53 Å². The molecule has 0 atom stereocenters. The average molecular weight is 169 g/mol. The lowest BCUT2D eigenvalue weighted by atomic mass is 10.2. The van der Waals surface area contributed by atoms with Crippen molar-refractivity contribution in [1.29, 1.82) is 5.41 Å². The fourth-order valence-electron chi connectivity index (χ4n) is 1.11. The van der Waals surface area contributed by atoms with Crippen LogP contribution in [-0.4, -0.2) is 23.4 Å². The maximum Gasteiger partial charge on any atom is 0.343 e. The first-order valence-corrected chi connectivity index (χ1v) is 3.83. The molecule has 1 aliphatic rings. The molecule has 0 radical (unpaired) electrons. The SMILES string of the molecule is CCOC(=O)C1=C(O)CCC1=N. The zero-order chi connectivity index (χ0) is 9.14. The molecule has 0 aliphatic heterocycles. The van der Waals surface area contributed by atoms with Gasteiger partial charge in [0.15, 0.2) is 0 Å². The van der Waals surface area contributed by atoms with Gasteiger partial charge in [0.1, 0.15) is 11.3 Å². The highest BCUT2D eigenvalue weighted by atomic mass is 16.5. The zero-order valence-corrected chi connectivity index (χ0v) is 6.89. The summed E-state index contributed by atoms with van der Waals surface area (Å²) >= 11 is 0. The van der Waals surface area contributed by atoms with Crippen LogP contribution < -0.4 is 0 Å². The standard InChI is InChI=1S/C8H11NO3/c1-2-12-8(11)7-5(9)3-4-6(7)10/h9-10H,2-4H2,1H3. The highest BCUT2D eigenvalue weighted by Crippen LogP contribution is 2.21. The molecule has 2 N–H and O–H groups in total. The lowest BCUT2D eigenvalue weighted by molar-refractivity contribution is -0.138. The first-order valence-electron chi connectivity index (χ1n) is 3.83. The number of allylic oxidation sites excluding steroid dienone is 1. The second-order valence-corrected chi connectivity index (χ2v) is 2.52. The molecule has 0 saturated carbocycles. The molecule has 4 nitrogen and oxygen atoms in total. The van der Waals surface area contributed by atoms with Crippen LogP contribution in [0.15, 0.2) is 11.3 Å². The number of hydrogen-bond donors (Lipinski definition) is 2. The van der Waals surface area contributed by atoms with Crippen LogP contribution in [0.25, 0.3) is 0 Å². The molecule has 0 aromatic heterocycles. The van der Waals surface area contributed by atoms with Gasteiger partial charge in [0.2, 0.25) is 0 Å². The summed E-state index contributed by atoms with van der Waals surface area (Å²) in [6.07, 6.45) is 0.812. The number of carbonyl (C=O) groups is 1. The molecule has 4 heteroatoms. The Bertz CT molecular complexity index is 255. The molecule has 0 bridgehead atoms. The van der Waals surface area contributed by atoms with Crippen LogP contribution >= 0.6 is 0 Å². The summed E-state index contributed by atoms with van der Waals surface area (Å²) in [6, 6.07) is 0. The van der Waals surface area contributed by atoms with Gasteiger partial charge >= 0.3 is 5.97 Å². The predicted molar refractivity (Wildman–Crippen MR) is 43.2 cm³/mol. The Morgan fingerprint density at radius 3 is 2.75 bits per heavy atom. The van der Waals surface area contributed by atoms with Crippen molar-refractivity contribution in [2.45, 2.75) is 19.8 Å². The summed E-state index contributed by atoms with van der Waals surface area (Å²) in [5.74, 6) is -0.601. The van der Waals surface area contributed by atoms with Crippen molar-refractivity contribution in [1.82, 2.24) is 0 Å². The van der Waals surface area contributed by atoms with Gasteiger partial charge in [-0.2, -0.15) is 0 Å². The van der Waals surface area contributed by atoms with E-state index in [9.17, 15) is 9.90 Å². The van der Waals surface area contributed by atoms with E-state index < -0.39 is 5.97 Å². The number of ether oxygens (including phenoxy) is 1. The van der Waals surface area contributed by atoms with Gasteiger partial charge < -0.3 is 15.3 Å². The maximum absolute atomic E-state index is 11.1. The molecule has 0 aromatic carbocycles. The zero-order valence-electron chi connectivity index (χ0n) is 6.89. The van der Waals surface area contributed by atoms with Crippen molar-refractivity contribution >= 4 is 11.7 Å². The average Bonchev–Trinajstić information content (AvgIpc) is 2.32. The molecule has 1 rings (SSSR count). The van der Waals surface area contributed by atoms with E-state index in [-0.39, 0.29) is 23.7 Å². The molecular formula is C8H11NO3. The van der Waals surface area contributed by atoms with Gasteiger partial charge in [0, 0.05) is 12.1 Å². The fraction of sp³-hybridized carbons (Fsp3) is 0.500. The number of carbonyl (C=O) groups excluding carboxylic acids is 1. The van der Waals surface area contributed by atoms with Gasteiger partial charge in [0.25, 0.3) is 0 Å². The Labute approximate surface area is 70.4 Å². The van der Waals surface area contributed by atoms with Gasteiger partial charge in [-0.25, -0.2) is 4.79 Å². The molecule has 66 valence electrons. The van der Waals surface area contributed by atoms with Crippen LogP contribution in [0, 0.1) is 5.41 Å². The Hall–Kier alpha value is -1.32. The van der Waals surface area contributed by atoms with Crippen LogP contribution in [0.4, 0.5) is 0 Å². The third kappa shape index (κ3) is 1.47. The molecule has 0 spiro atoms. The second-order valence-electron chi connectivity index (χ2n) is 2.52. The molecule has 0 aromatic rings. The Balaban J connectivity index is 2.79. The second kappa shape index (κ2) is 3.38. The number of aliphatic hydroxyl groups excluding tert-OH is 1. The highest BCUT2D eigenvalue weighted by Gasteiger charge is 2.26. The van der Waals surface area contributed by atoms with Crippen LogP contribution in [0.5, 0.6) is 0 Å². The summed E-state index contributed by atoms with van der Waals surface area (Å²) in [5, 5.41) is 16.5. The maximum atomic E-state index is 11.1. The largest absolute Gasteiger partial charge is 0.511 e. The Morgan fingerprint density at radius 1 is 1.67 bits per heavy atom. The van der Waals surface area contributed by atoms with E-state index in [1.54, 1.807) is 6.92 Å². The third-order valence-corrected chi connectivity index (χ3v) is 1.68. The molecule has 0 saturated heterocycles. The van der Waals surface area contributed by atoms with Gasteiger partial charge in [0.05, 0.1) is 6.61 Å². The quantitative estimate of drug-likeness (QED) is 0.609. The van der Waals surface area contributed by atoms with Gasteiger partial charge in [-0.15, -0.1) is 0 Å². The third-order valence-electron chi connectivity index (χ3n) is 1.68. The number of esters is 1. The molecule has 1 aliphatic carbocycles. The van der Waals surface area contributed by atoms with Crippen LogP contribution in [0.2, 0.25) is 0 Å². The van der Waals surface area contributed by atoms with Crippen molar-refractivity contribution in [3.63, 3.8) is 0 Å². The minimum absolute atomic E-state index is 0.0153. The molecular weight excluding hydrogens is 158 g/mol. The Morgan fingerprint density at radius 2 is 2.33 bits per heavy atom. The van der Waals surface area contributed by atoms with Crippen molar-refractivity contribution in [2.75, 3.05) is 6.61 Å². The number of hydrogen-bond acceptors (Lipinski definition) is 4. The molecule has 0 heterocycles. The lowest BCUT2D eigenvalue weighted by Crippen LogP contribution is -2.13. The minimum Gasteiger partial charge on any atom is -0.511 e. The van der Waals surface area contributed by atoms with Crippen LogP contribution in [0.1, 0.15) is 19.8 Å². The highest BCUT2D eigenvalue weighted by molar-refractivity contribution is 6.20. The number of nitrogens with one attached hydrogen (secondary N) is 1. The summed E-state index contributed by atoms with van der Waals surface area (Å²) < 4.78 is 4.67. The van der Waals surface area contributed by atoms with E-state index in [0.717, 1.165) is 0 Å². The summed E-state index contributed by atoms with van der Waals surface area (Å²) in [4.78, 5) is 11.1. The normalized spacial score (nSPS) is 16.9. The monoisotopic (exact) mass is 169 g/mol. The van der Waals surface area contributed by atoms with E-state index in [4.69, 9.17) is 5.41 Å². The van der Waals surface area contributed by atoms with Crippen molar-refractivity contribution in [3.05, 3.63) is 11.3 Å². The molecule has 0 unspecified atom stereocenters. The van der Waals surface area contributed by atoms with Gasteiger partial charge in [-0.3, -0.25) is 0 Å². The summed E-state index contributed by atoms with van der Waals surface area (Å²) in [7, 11) is 0. The lowest BCUT2D eigenvalue weighted by Gasteiger charge is -2.02. The predicted octanol–water partition coefficient (Wildman–Crippen LogP) is 1.18. The summed E-state index contributed by atoms with van der Waals surface area (Å²) in [6.45, 7) is 1.96. The minimum atomic E-state index is -0.586. The van der Waals surface area contributed by atoms with Crippen molar-refractivity contribution in [3.8, 4) is 0 Å². The van der Waals surface area contributed by atoms with Gasteiger partial charge in [-0.05, 0) is 13.3 Å². The van der Waals surface area contributed by atoms with E-state index >= 15 is 0 Å². The number of rotatable bonds is 2. The molecule has 12 heavy (non-hydrogen) atoms. The van der Waals surface area contributed by atoms with Gasteiger partial charge in [-0.1, -0.05) is 0 Å². The van der Waals surface area contributed by atoms with E-state index in [1.165, 1.54) is 0 Å². The van der Waals surface area contributed by atoms with E-state index in [2.05, 4.69) is 4.74 Å². The van der Waals surface area contributed by atoms with E-state index in [1.807, 2.05) is 0 Å². The van der Waals surface area contributed by atoms with Crippen LogP contribution in [0.3, 0.4) is 0 Å². The Kier molecular flexibility index (Phi) is 2.47. The summed E-state index contributed by atoms with van der Waals surface area (Å²) in [5.41, 5.74) is 0.225. The molecule has 0 fully saturated rings. The first kappa shape index (κ1) is 8.77. The van der Waals surface area contributed by atoms with E-state index in [0.29, 0.717) is 12.8 Å². The number of aliphatic hydroxyl groups is 1. The van der Waals surface area contributed by atoms with Crippen molar-refractivity contribution in [2.24, 2.45) is 0 Å². The molecule has 0 amide bonds. The topological polar surface area (TPSA) is 70.4 Å². The fourth-order valence-corrected chi connectivity index (χ4v) is 1.11. The smallest absolute Gasteiger partial charge is 0.343 e. The first-order chi connectivity index (χ1) is 5.66. The van der Waals surface area contributed by atoms with Crippen molar-refractivity contribution < 1.29 is 14.6 Å².